The maximum atomic E-state index is 11.8. The minimum atomic E-state index is -0.763. The van der Waals surface area contributed by atoms with E-state index in [0.717, 1.165) is 17.9 Å². The van der Waals surface area contributed by atoms with E-state index in [1.54, 1.807) is 12.4 Å². The van der Waals surface area contributed by atoms with Crippen molar-refractivity contribution in [1.29, 1.82) is 0 Å². The van der Waals surface area contributed by atoms with Gasteiger partial charge in [-0.25, -0.2) is 0 Å². The van der Waals surface area contributed by atoms with Crippen molar-refractivity contribution in [1.82, 2.24) is 10.3 Å². The van der Waals surface area contributed by atoms with Gasteiger partial charge in [0.2, 0.25) is 0 Å². The van der Waals surface area contributed by atoms with Crippen LogP contribution in [0.25, 0.3) is 0 Å². The molecule has 1 saturated heterocycles. The summed E-state index contributed by atoms with van der Waals surface area (Å²) in [7, 11) is -0.763. The molecule has 82 valence electrons. The number of pyridine rings is 1. The highest BCUT2D eigenvalue weighted by molar-refractivity contribution is 7.84. The zero-order valence-electron chi connectivity index (χ0n) is 8.69. The molecule has 0 spiro atoms. The lowest BCUT2D eigenvalue weighted by atomic mass is 10.3. The summed E-state index contributed by atoms with van der Waals surface area (Å²) in [6.45, 7) is 1.08. The monoisotopic (exact) mass is 224 g/mol. The summed E-state index contributed by atoms with van der Waals surface area (Å²) in [5.74, 6) is 1.40. The SMILES string of the molecule is O=[S@](Cc1cccnc1)C[C@H]1CCCN1. The largest absolute Gasteiger partial charge is 0.313 e. The lowest BCUT2D eigenvalue weighted by molar-refractivity contribution is 0.643. The summed E-state index contributed by atoms with van der Waals surface area (Å²) in [6.07, 6.45) is 5.92. The first-order valence-electron chi connectivity index (χ1n) is 5.32. The zero-order valence-corrected chi connectivity index (χ0v) is 9.50. The van der Waals surface area contributed by atoms with Crippen LogP contribution in [0.5, 0.6) is 0 Å². The number of hydrogen-bond donors (Lipinski definition) is 1. The van der Waals surface area contributed by atoms with Crippen LogP contribution in [0, 0.1) is 0 Å². The van der Waals surface area contributed by atoms with Crippen molar-refractivity contribution in [2.24, 2.45) is 0 Å². The first-order valence-corrected chi connectivity index (χ1v) is 6.80. The molecule has 2 rings (SSSR count). The molecule has 0 radical (unpaired) electrons. The van der Waals surface area contributed by atoms with Gasteiger partial charge in [-0.2, -0.15) is 0 Å². The summed E-state index contributed by atoms with van der Waals surface area (Å²) in [6, 6.07) is 4.33. The van der Waals surface area contributed by atoms with Gasteiger partial charge in [-0.3, -0.25) is 9.19 Å². The molecule has 0 aromatic carbocycles. The second-order valence-electron chi connectivity index (χ2n) is 3.91. The van der Waals surface area contributed by atoms with Crippen LogP contribution in [-0.2, 0) is 16.6 Å². The Hall–Kier alpha value is -0.740. The van der Waals surface area contributed by atoms with Gasteiger partial charge in [0.1, 0.15) is 0 Å². The molecule has 0 bridgehead atoms. The predicted octanol–water partition coefficient (Wildman–Crippen LogP) is 1.08. The van der Waals surface area contributed by atoms with E-state index in [1.807, 2.05) is 12.1 Å². The minimum absolute atomic E-state index is 0.461. The van der Waals surface area contributed by atoms with Gasteiger partial charge in [0.05, 0.1) is 5.75 Å². The normalized spacial score (nSPS) is 22.8. The van der Waals surface area contributed by atoms with Crippen molar-refractivity contribution in [3.05, 3.63) is 30.1 Å². The Kier molecular flexibility index (Phi) is 3.86. The van der Waals surface area contributed by atoms with Gasteiger partial charge in [-0.15, -0.1) is 0 Å². The highest BCUT2D eigenvalue weighted by Gasteiger charge is 2.16. The van der Waals surface area contributed by atoms with Gasteiger partial charge in [0, 0.05) is 35.0 Å². The Balaban J connectivity index is 1.82. The first-order chi connectivity index (χ1) is 7.34. The lowest BCUT2D eigenvalue weighted by Crippen LogP contribution is -2.27. The summed E-state index contributed by atoms with van der Waals surface area (Å²) >= 11 is 0. The second-order valence-corrected chi connectivity index (χ2v) is 5.41. The second kappa shape index (κ2) is 5.37. The van der Waals surface area contributed by atoms with Crippen LogP contribution in [0.1, 0.15) is 18.4 Å². The first kappa shape index (κ1) is 10.8. The molecule has 1 fully saturated rings. The Morgan fingerprint density at radius 2 is 2.53 bits per heavy atom. The van der Waals surface area contributed by atoms with Crippen LogP contribution in [0.15, 0.2) is 24.5 Å². The molecule has 15 heavy (non-hydrogen) atoms. The van der Waals surface area contributed by atoms with E-state index in [9.17, 15) is 4.21 Å². The molecule has 1 aromatic heterocycles. The van der Waals surface area contributed by atoms with E-state index in [1.165, 1.54) is 12.8 Å². The van der Waals surface area contributed by atoms with Crippen LogP contribution in [-0.4, -0.2) is 27.5 Å². The summed E-state index contributed by atoms with van der Waals surface area (Å²) in [4.78, 5) is 4.02. The zero-order chi connectivity index (χ0) is 10.5. The van der Waals surface area contributed by atoms with E-state index >= 15 is 0 Å². The van der Waals surface area contributed by atoms with E-state index < -0.39 is 10.8 Å². The summed E-state index contributed by atoms with van der Waals surface area (Å²) < 4.78 is 11.8. The third-order valence-corrected chi connectivity index (χ3v) is 4.03. The Bertz CT molecular complexity index is 323. The van der Waals surface area contributed by atoms with Gasteiger partial charge in [0.25, 0.3) is 0 Å². The third-order valence-electron chi connectivity index (χ3n) is 2.60. The van der Waals surface area contributed by atoms with Crippen LogP contribution in [0.3, 0.4) is 0 Å². The van der Waals surface area contributed by atoms with E-state index in [0.29, 0.717) is 11.8 Å². The van der Waals surface area contributed by atoms with Crippen molar-refractivity contribution in [3.8, 4) is 0 Å². The van der Waals surface area contributed by atoms with Gasteiger partial charge in [-0.05, 0) is 31.0 Å². The number of rotatable bonds is 4. The molecule has 0 amide bonds. The maximum Gasteiger partial charge on any atom is 0.0501 e. The number of nitrogens with zero attached hydrogens (tertiary/aromatic N) is 1. The molecular weight excluding hydrogens is 208 g/mol. The molecule has 1 aliphatic rings. The standard InChI is InChI=1S/C11H16N2OS/c14-15(9-11-4-2-6-13-11)8-10-3-1-5-12-7-10/h1,3,5,7,11,13H,2,4,6,8-9H2/t11-,15-/m1/s1. The molecule has 1 aromatic rings. The van der Waals surface area contributed by atoms with Crippen molar-refractivity contribution < 1.29 is 4.21 Å². The Labute approximate surface area is 92.8 Å². The van der Waals surface area contributed by atoms with Crippen LogP contribution in [0.2, 0.25) is 0 Å². The highest BCUT2D eigenvalue weighted by Crippen LogP contribution is 2.08. The van der Waals surface area contributed by atoms with E-state index in [4.69, 9.17) is 0 Å². The molecular formula is C11H16N2OS. The number of hydrogen-bond acceptors (Lipinski definition) is 3. The van der Waals surface area contributed by atoms with E-state index in [-0.39, 0.29) is 0 Å². The molecule has 1 aliphatic heterocycles. The van der Waals surface area contributed by atoms with Crippen LogP contribution >= 0.6 is 0 Å². The molecule has 0 saturated carbocycles. The molecule has 1 N–H and O–H groups in total. The smallest absolute Gasteiger partial charge is 0.0501 e. The Morgan fingerprint density at radius 1 is 1.60 bits per heavy atom. The van der Waals surface area contributed by atoms with Gasteiger partial charge in [-0.1, -0.05) is 6.07 Å². The minimum Gasteiger partial charge on any atom is -0.313 e. The van der Waals surface area contributed by atoms with Crippen LogP contribution < -0.4 is 5.32 Å². The summed E-state index contributed by atoms with van der Waals surface area (Å²) in [5, 5.41) is 3.36. The molecule has 4 heteroatoms. The molecule has 3 nitrogen and oxygen atoms in total. The fourth-order valence-electron chi connectivity index (χ4n) is 1.85. The van der Waals surface area contributed by atoms with Crippen molar-refractivity contribution in [2.75, 3.05) is 12.3 Å². The quantitative estimate of drug-likeness (QED) is 0.832. The average Bonchev–Trinajstić information content (AvgIpc) is 2.71. The fraction of sp³-hybridized carbons (Fsp3) is 0.545. The summed E-state index contributed by atoms with van der Waals surface area (Å²) in [5.41, 5.74) is 1.06. The average molecular weight is 224 g/mol. The molecule has 0 unspecified atom stereocenters. The van der Waals surface area contributed by atoms with Gasteiger partial charge >= 0.3 is 0 Å². The molecule has 2 heterocycles. The predicted molar refractivity (Wildman–Crippen MR) is 62.0 cm³/mol. The third kappa shape index (κ3) is 3.39. The van der Waals surface area contributed by atoms with Crippen molar-refractivity contribution in [3.63, 3.8) is 0 Å². The van der Waals surface area contributed by atoms with Crippen molar-refractivity contribution in [2.45, 2.75) is 24.6 Å². The number of aromatic nitrogens is 1. The van der Waals surface area contributed by atoms with Crippen LogP contribution in [0.4, 0.5) is 0 Å². The fourth-order valence-corrected chi connectivity index (χ4v) is 3.25. The van der Waals surface area contributed by atoms with Gasteiger partial charge < -0.3 is 5.32 Å². The molecule has 0 aliphatic carbocycles. The maximum absolute atomic E-state index is 11.8. The number of nitrogens with one attached hydrogen (secondary N) is 1. The van der Waals surface area contributed by atoms with E-state index in [2.05, 4.69) is 10.3 Å². The highest BCUT2D eigenvalue weighted by atomic mass is 32.2. The lowest BCUT2D eigenvalue weighted by Gasteiger charge is -2.09. The van der Waals surface area contributed by atoms with Gasteiger partial charge in [0.15, 0.2) is 0 Å². The Morgan fingerprint density at radius 3 is 3.20 bits per heavy atom. The molecule has 2 atom stereocenters. The topological polar surface area (TPSA) is 42.0 Å². The van der Waals surface area contributed by atoms with Crippen molar-refractivity contribution >= 4 is 10.8 Å².